The van der Waals surface area contributed by atoms with Gasteiger partial charge in [0.05, 0.1) is 34.5 Å². The summed E-state index contributed by atoms with van der Waals surface area (Å²) in [5.41, 5.74) is -1.02. The fourth-order valence-electron chi connectivity index (χ4n) is 4.76. The number of nitrogens with zero attached hydrogens (tertiary/aromatic N) is 4. The minimum atomic E-state index is -4.61. The Morgan fingerprint density at radius 3 is 2.27 bits per heavy atom. The number of piperidine rings is 1. The molecule has 2 N–H and O–H groups in total. The van der Waals surface area contributed by atoms with Gasteiger partial charge < -0.3 is 10.4 Å². The van der Waals surface area contributed by atoms with Crippen molar-refractivity contribution in [2.75, 3.05) is 18.4 Å². The normalized spacial score (nSPS) is 16.3. The molecule has 3 heterocycles. The van der Waals surface area contributed by atoms with Crippen LogP contribution < -0.4 is 5.32 Å². The second-order valence-corrected chi connectivity index (χ2v) is 9.70. The van der Waals surface area contributed by atoms with E-state index in [-0.39, 0.29) is 23.4 Å². The molecular formula is C28H25F6N5O. The number of halogens is 6. The largest absolute Gasteiger partial charge is 0.418 e. The summed E-state index contributed by atoms with van der Waals surface area (Å²) < 4.78 is 80.2. The van der Waals surface area contributed by atoms with Crippen LogP contribution in [0.15, 0.2) is 60.8 Å². The van der Waals surface area contributed by atoms with Crippen LogP contribution in [-0.4, -0.2) is 44.2 Å². The van der Waals surface area contributed by atoms with E-state index in [0.717, 1.165) is 18.2 Å². The lowest BCUT2D eigenvalue weighted by Crippen LogP contribution is -2.38. The van der Waals surface area contributed by atoms with E-state index >= 15 is 0 Å². The molecule has 0 bridgehead atoms. The number of hydrogen-bond acceptors (Lipinski definition) is 6. The summed E-state index contributed by atoms with van der Waals surface area (Å²) in [6, 6.07) is 10.9. The summed E-state index contributed by atoms with van der Waals surface area (Å²) in [4.78, 5) is 15.4. The number of anilines is 2. The zero-order valence-corrected chi connectivity index (χ0v) is 21.3. The van der Waals surface area contributed by atoms with Crippen molar-refractivity contribution in [2.24, 2.45) is 0 Å². The van der Waals surface area contributed by atoms with Gasteiger partial charge in [-0.1, -0.05) is 6.07 Å². The topological polar surface area (TPSA) is 74.2 Å². The third-order valence-electron chi connectivity index (χ3n) is 7.00. The number of nitrogens with one attached hydrogen (secondary N) is 1. The van der Waals surface area contributed by atoms with Crippen LogP contribution in [0.3, 0.4) is 0 Å². The third-order valence-corrected chi connectivity index (χ3v) is 7.00. The Kier molecular flexibility index (Phi) is 7.40. The molecule has 1 unspecified atom stereocenters. The summed E-state index contributed by atoms with van der Waals surface area (Å²) >= 11 is 0. The van der Waals surface area contributed by atoms with Crippen LogP contribution in [0.5, 0.6) is 0 Å². The van der Waals surface area contributed by atoms with Gasteiger partial charge >= 0.3 is 12.4 Å². The van der Waals surface area contributed by atoms with Crippen LogP contribution in [0.4, 0.5) is 37.8 Å². The van der Waals surface area contributed by atoms with Crippen LogP contribution in [0.1, 0.15) is 42.8 Å². The van der Waals surface area contributed by atoms with Gasteiger partial charge in [0.1, 0.15) is 11.6 Å². The number of fused-ring (bicyclic) bond motifs is 1. The summed E-state index contributed by atoms with van der Waals surface area (Å²) in [5.74, 6) is 0.680. The molecule has 4 aromatic rings. The van der Waals surface area contributed by atoms with E-state index in [2.05, 4.69) is 25.2 Å². The van der Waals surface area contributed by atoms with Crippen LogP contribution in [0.2, 0.25) is 0 Å². The Hall–Kier alpha value is -3.77. The molecule has 1 aliphatic heterocycles. The van der Waals surface area contributed by atoms with Crippen molar-refractivity contribution < 1.29 is 31.4 Å². The number of aromatic nitrogens is 3. The molecule has 0 aliphatic carbocycles. The highest BCUT2D eigenvalue weighted by Crippen LogP contribution is 2.38. The van der Waals surface area contributed by atoms with E-state index in [1.54, 1.807) is 6.07 Å². The van der Waals surface area contributed by atoms with Crippen LogP contribution in [-0.2, 0) is 12.4 Å². The van der Waals surface area contributed by atoms with Gasteiger partial charge in [-0.25, -0.2) is 9.97 Å². The smallest absolute Gasteiger partial charge is 0.393 e. The molecular weight excluding hydrogens is 536 g/mol. The van der Waals surface area contributed by atoms with Crippen molar-refractivity contribution in [3.8, 4) is 11.3 Å². The molecule has 2 aromatic heterocycles. The number of aliphatic hydroxyl groups is 1. The third kappa shape index (κ3) is 5.87. The van der Waals surface area contributed by atoms with E-state index < -0.39 is 23.5 Å². The zero-order valence-electron chi connectivity index (χ0n) is 21.3. The van der Waals surface area contributed by atoms with Gasteiger partial charge in [0.25, 0.3) is 0 Å². The van der Waals surface area contributed by atoms with Gasteiger partial charge in [-0.3, -0.25) is 9.88 Å². The molecule has 5 rings (SSSR count). The first kappa shape index (κ1) is 27.8. The van der Waals surface area contributed by atoms with Crippen LogP contribution in [0, 0.1) is 0 Å². The molecule has 2 aromatic carbocycles. The second kappa shape index (κ2) is 10.7. The highest BCUT2D eigenvalue weighted by molar-refractivity contribution is 5.93. The summed E-state index contributed by atoms with van der Waals surface area (Å²) in [6.45, 7) is 3.10. The molecule has 210 valence electrons. The Labute approximate surface area is 225 Å². The molecule has 0 saturated carbocycles. The first-order valence-corrected chi connectivity index (χ1v) is 12.6. The zero-order chi connectivity index (χ0) is 28.7. The minimum Gasteiger partial charge on any atom is -0.393 e. The lowest BCUT2D eigenvalue weighted by Gasteiger charge is -2.33. The maximum absolute atomic E-state index is 13.7. The maximum atomic E-state index is 13.7. The molecule has 1 saturated heterocycles. The molecule has 0 radical (unpaired) electrons. The molecule has 0 spiro atoms. The van der Waals surface area contributed by atoms with E-state index in [1.165, 1.54) is 36.5 Å². The van der Waals surface area contributed by atoms with Crippen molar-refractivity contribution in [2.45, 2.75) is 44.3 Å². The van der Waals surface area contributed by atoms with E-state index in [0.29, 0.717) is 54.2 Å². The lowest BCUT2D eigenvalue weighted by molar-refractivity contribution is -0.138. The second-order valence-electron chi connectivity index (χ2n) is 9.70. The number of hydrogen-bond donors (Lipinski definition) is 2. The van der Waals surface area contributed by atoms with Crippen molar-refractivity contribution in [1.29, 1.82) is 0 Å². The number of rotatable bonds is 5. The predicted octanol–water partition coefficient (Wildman–Crippen LogP) is 6.99. The van der Waals surface area contributed by atoms with Gasteiger partial charge in [-0.05, 0) is 68.3 Å². The Balaban J connectivity index is 1.59. The quantitative estimate of drug-likeness (QED) is 0.256. The molecule has 12 heteroatoms. The van der Waals surface area contributed by atoms with Crippen LogP contribution >= 0.6 is 0 Å². The van der Waals surface area contributed by atoms with Gasteiger partial charge in [-0.15, -0.1) is 0 Å². The Bertz CT molecular complexity index is 1500. The maximum Gasteiger partial charge on any atom is 0.418 e. The highest BCUT2D eigenvalue weighted by atomic mass is 19.4. The fourth-order valence-corrected chi connectivity index (χ4v) is 4.76. The van der Waals surface area contributed by atoms with Crippen molar-refractivity contribution >= 4 is 22.4 Å². The van der Waals surface area contributed by atoms with E-state index in [9.17, 15) is 31.4 Å². The van der Waals surface area contributed by atoms with Crippen molar-refractivity contribution in [3.63, 3.8) is 0 Å². The summed E-state index contributed by atoms with van der Waals surface area (Å²) in [7, 11) is 0. The van der Waals surface area contributed by atoms with Gasteiger partial charge in [0, 0.05) is 35.9 Å². The Morgan fingerprint density at radius 2 is 1.62 bits per heavy atom. The van der Waals surface area contributed by atoms with Gasteiger partial charge in [0.2, 0.25) is 0 Å². The minimum absolute atomic E-state index is 0.208. The number of likely N-dealkylation sites (tertiary alicyclic amines) is 1. The van der Waals surface area contributed by atoms with Gasteiger partial charge in [-0.2, -0.15) is 26.3 Å². The monoisotopic (exact) mass is 561 g/mol. The SMILES string of the molecule is CC(c1nc(Nc2ccc(C(F)(F)F)cc2)c2ccc(-c3ncccc3C(F)(F)F)cc2n1)N1CCC(O)CC1. The molecule has 1 aliphatic rings. The standard InChI is InChI=1S/C28H25F6N5O/c1-16(39-13-10-20(40)11-14-39)25-37-23-15-17(24-22(28(32,33)34)3-2-12-35-24)4-9-21(23)26(38-25)36-19-7-5-18(6-8-19)27(29,30)31/h2-9,12,15-16,20,40H,10-11,13-14H2,1H3,(H,36,37,38). The summed E-state index contributed by atoms with van der Waals surface area (Å²) in [6.07, 6.45) is -7.04. The van der Waals surface area contributed by atoms with Gasteiger partial charge in [0.15, 0.2) is 0 Å². The number of benzene rings is 2. The van der Waals surface area contributed by atoms with Crippen LogP contribution in [0.25, 0.3) is 22.2 Å². The molecule has 40 heavy (non-hydrogen) atoms. The molecule has 1 atom stereocenters. The molecule has 1 fully saturated rings. The fraction of sp³-hybridized carbons (Fsp3) is 0.321. The van der Waals surface area contributed by atoms with E-state index in [4.69, 9.17) is 0 Å². The summed E-state index contributed by atoms with van der Waals surface area (Å²) in [5, 5.41) is 13.4. The molecule has 6 nitrogen and oxygen atoms in total. The predicted molar refractivity (Wildman–Crippen MR) is 138 cm³/mol. The average molecular weight is 562 g/mol. The van der Waals surface area contributed by atoms with Crippen molar-refractivity contribution in [1.82, 2.24) is 19.9 Å². The average Bonchev–Trinajstić information content (AvgIpc) is 2.92. The molecule has 0 amide bonds. The van der Waals surface area contributed by atoms with Crippen molar-refractivity contribution in [3.05, 3.63) is 77.7 Å². The first-order chi connectivity index (χ1) is 18.9. The Morgan fingerprint density at radius 1 is 0.925 bits per heavy atom. The highest BCUT2D eigenvalue weighted by Gasteiger charge is 2.34. The number of aliphatic hydroxyl groups excluding tert-OH is 1. The number of alkyl halides is 6. The van der Waals surface area contributed by atoms with E-state index in [1.807, 2.05) is 6.92 Å². The number of pyridine rings is 1. The lowest BCUT2D eigenvalue weighted by atomic mass is 10.0. The first-order valence-electron chi connectivity index (χ1n) is 12.6.